The summed E-state index contributed by atoms with van der Waals surface area (Å²) in [4.78, 5) is 2.65. The average Bonchev–Trinajstić information content (AvgIpc) is 2.30. The largest absolute Gasteiger partial charge is 0.394 e. The highest BCUT2D eigenvalue weighted by atomic mass is 16.3. The maximum atomic E-state index is 9.17. The zero-order chi connectivity index (χ0) is 10.9. The number of nitrogens with zero attached hydrogens (tertiary/aromatic N) is 3. The molecule has 1 unspecified atom stereocenters. The maximum absolute atomic E-state index is 9.17. The van der Waals surface area contributed by atoms with Gasteiger partial charge in [0.25, 0.3) is 0 Å². The molecule has 0 aliphatic heterocycles. The molecule has 0 fully saturated rings. The van der Waals surface area contributed by atoms with Crippen LogP contribution in [0, 0.1) is 0 Å². The first-order chi connectivity index (χ1) is 7.38. The van der Waals surface area contributed by atoms with E-state index in [1.54, 1.807) is 0 Å². The summed E-state index contributed by atoms with van der Waals surface area (Å²) in [6.07, 6.45) is 0. The summed E-state index contributed by atoms with van der Waals surface area (Å²) in [5.74, 6) is 0. The van der Waals surface area contributed by atoms with Crippen LogP contribution in [-0.4, -0.2) is 24.8 Å². The van der Waals surface area contributed by atoms with E-state index in [-0.39, 0.29) is 12.6 Å². The molecule has 0 amide bonds. The number of rotatable bonds is 6. The smallest absolute Gasteiger partial charge is 0.0626 e. The first kappa shape index (κ1) is 11.5. The standard InChI is InChI=1S/C10H14N4O/c11-14-13-7-6-12-10(8-15)9-4-2-1-3-5-9/h1-5,10,12,15H,6-8H2. The van der Waals surface area contributed by atoms with Gasteiger partial charge in [0.15, 0.2) is 0 Å². The second kappa shape index (κ2) is 6.84. The third-order valence-electron chi connectivity index (χ3n) is 2.05. The summed E-state index contributed by atoms with van der Waals surface area (Å²) in [7, 11) is 0. The third-order valence-corrected chi connectivity index (χ3v) is 2.05. The summed E-state index contributed by atoms with van der Waals surface area (Å²) in [5, 5.41) is 15.7. The molecule has 0 bridgehead atoms. The Balaban J connectivity index is 2.46. The Bertz CT molecular complexity index is 321. The van der Waals surface area contributed by atoms with Crippen LogP contribution in [0.25, 0.3) is 10.4 Å². The van der Waals surface area contributed by atoms with Gasteiger partial charge >= 0.3 is 0 Å². The molecule has 1 aromatic carbocycles. The molecule has 5 nitrogen and oxygen atoms in total. The van der Waals surface area contributed by atoms with Crippen molar-refractivity contribution in [2.24, 2.45) is 5.11 Å². The van der Waals surface area contributed by atoms with Crippen LogP contribution in [0.5, 0.6) is 0 Å². The van der Waals surface area contributed by atoms with E-state index >= 15 is 0 Å². The van der Waals surface area contributed by atoms with Crippen LogP contribution in [0.15, 0.2) is 35.4 Å². The Morgan fingerprint density at radius 1 is 1.40 bits per heavy atom. The Hall–Kier alpha value is -1.55. The van der Waals surface area contributed by atoms with Crippen molar-refractivity contribution in [3.8, 4) is 0 Å². The Morgan fingerprint density at radius 2 is 2.13 bits per heavy atom. The van der Waals surface area contributed by atoms with Crippen molar-refractivity contribution in [1.82, 2.24) is 5.32 Å². The van der Waals surface area contributed by atoms with Crippen LogP contribution < -0.4 is 5.32 Å². The predicted octanol–water partition coefficient (Wildman–Crippen LogP) is 1.62. The molecule has 1 atom stereocenters. The van der Waals surface area contributed by atoms with Gasteiger partial charge in [-0.3, -0.25) is 0 Å². The lowest BCUT2D eigenvalue weighted by Crippen LogP contribution is -2.26. The molecule has 0 saturated heterocycles. The molecule has 0 aliphatic carbocycles. The van der Waals surface area contributed by atoms with E-state index in [1.165, 1.54) is 0 Å². The molecule has 5 heteroatoms. The number of hydrogen-bond donors (Lipinski definition) is 2. The average molecular weight is 206 g/mol. The number of nitrogens with one attached hydrogen (secondary N) is 1. The second-order valence-electron chi connectivity index (χ2n) is 3.05. The lowest BCUT2D eigenvalue weighted by molar-refractivity contribution is 0.245. The maximum Gasteiger partial charge on any atom is 0.0626 e. The topological polar surface area (TPSA) is 81.0 Å². The Kier molecular flexibility index (Phi) is 5.25. The highest BCUT2D eigenvalue weighted by Crippen LogP contribution is 2.10. The molecule has 1 aromatic rings. The van der Waals surface area contributed by atoms with Gasteiger partial charge in [-0.25, -0.2) is 0 Å². The monoisotopic (exact) mass is 206 g/mol. The highest BCUT2D eigenvalue weighted by Gasteiger charge is 2.07. The fraction of sp³-hybridized carbons (Fsp3) is 0.400. The summed E-state index contributed by atoms with van der Waals surface area (Å²) < 4.78 is 0. The minimum atomic E-state index is -0.0971. The molecule has 0 spiro atoms. The van der Waals surface area contributed by atoms with Gasteiger partial charge in [0.1, 0.15) is 0 Å². The van der Waals surface area contributed by atoms with E-state index in [1.807, 2.05) is 30.3 Å². The van der Waals surface area contributed by atoms with Gasteiger partial charge in [0.05, 0.1) is 12.6 Å². The molecular weight excluding hydrogens is 192 g/mol. The molecule has 15 heavy (non-hydrogen) atoms. The van der Waals surface area contributed by atoms with Gasteiger partial charge < -0.3 is 10.4 Å². The van der Waals surface area contributed by atoms with Crippen molar-refractivity contribution in [1.29, 1.82) is 0 Å². The van der Waals surface area contributed by atoms with E-state index in [0.29, 0.717) is 13.1 Å². The van der Waals surface area contributed by atoms with Crippen LogP contribution in [0.3, 0.4) is 0 Å². The van der Waals surface area contributed by atoms with E-state index < -0.39 is 0 Å². The molecule has 2 N–H and O–H groups in total. The lowest BCUT2D eigenvalue weighted by Gasteiger charge is -2.15. The number of benzene rings is 1. The van der Waals surface area contributed by atoms with Crippen LogP contribution in [-0.2, 0) is 0 Å². The van der Waals surface area contributed by atoms with Gasteiger partial charge in [-0.05, 0) is 11.1 Å². The number of hydrogen-bond acceptors (Lipinski definition) is 3. The van der Waals surface area contributed by atoms with Crippen LogP contribution >= 0.6 is 0 Å². The van der Waals surface area contributed by atoms with Gasteiger partial charge in [-0.2, -0.15) is 0 Å². The van der Waals surface area contributed by atoms with Crippen molar-refractivity contribution < 1.29 is 5.11 Å². The quantitative estimate of drug-likeness (QED) is 0.321. The summed E-state index contributed by atoms with van der Waals surface area (Å²) in [6, 6.07) is 9.57. The first-order valence-corrected chi connectivity index (χ1v) is 4.78. The van der Waals surface area contributed by atoms with Crippen molar-refractivity contribution in [2.75, 3.05) is 19.7 Å². The lowest BCUT2D eigenvalue weighted by atomic mass is 10.1. The van der Waals surface area contributed by atoms with Crippen LogP contribution in [0.4, 0.5) is 0 Å². The van der Waals surface area contributed by atoms with Crippen molar-refractivity contribution in [3.63, 3.8) is 0 Å². The van der Waals surface area contributed by atoms with Gasteiger partial charge in [-0.1, -0.05) is 35.4 Å². The molecule has 80 valence electrons. The zero-order valence-corrected chi connectivity index (χ0v) is 8.37. The predicted molar refractivity (Wildman–Crippen MR) is 58.3 cm³/mol. The fourth-order valence-corrected chi connectivity index (χ4v) is 1.31. The Morgan fingerprint density at radius 3 is 2.73 bits per heavy atom. The fourth-order valence-electron chi connectivity index (χ4n) is 1.31. The van der Waals surface area contributed by atoms with E-state index in [9.17, 15) is 5.11 Å². The minimum absolute atomic E-state index is 0.0281. The molecule has 0 aliphatic rings. The van der Waals surface area contributed by atoms with Gasteiger partial charge in [-0.15, -0.1) is 0 Å². The van der Waals surface area contributed by atoms with Crippen LogP contribution in [0.1, 0.15) is 11.6 Å². The van der Waals surface area contributed by atoms with E-state index in [4.69, 9.17) is 5.53 Å². The highest BCUT2D eigenvalue weighted by molar-refractivity contribution is 5.18. The summed E-state index contributed by atoms with van der Waals surface area (Å²) in [5.41, 5.74) is 9.12. The second-order valence-corrected chi connectivity index (χ2v) is 3.05. The molecule has 0 aromatic heterocycles. The van der Waals surface area contributed by atoms with Crippen molar-refractivity contribution in [3.05, 3.63) is 46.3 Å². The van der Waals surface area contributed by atoms with E-state index in [0.717, 1.165) is 5.56 Å². The zero-order valence-electron chi connectivity index (χ0n) is 8.37. The molecule has 0 heterocycles. The third kappa shape index (κ3) is 3.99. The summed E-state index contributed by atoms with van der Waals surface area (Å²) >= 11 is 0. The van der Waals surface area contributed by atoms with Crippen molar-refractivity contribution >= 4 is 0 Å². The molecule has 1 rings (SSSR count). The number of azide groups is 1. The number of aliphatic hydroxyl groups is 1. The van der Waals surface area contributed by atoms with Crippen molar-refractivity contribution in [2.45, 2.75) is 6.04 Å². The van der Waals surface area contributed by atoms with Crippen LogP contribution in [0.2, 0.25) is 0 Å². The van der Waals surface area contributed by atoms with E-state index in [2.05, 4.69) is 15.3 Å². The summed E-state index contributed by atoms with van der Waals surface area (Å²) in [6.45, 7) is 0.976. The normalized spacial score (nSPS) is 11.8. The minimum Gasteiger partial charge on any atom is -0.394 e. The van der Waals surface area contributed by atoms with Gasteiger partial charge in [0, 0.05) is 18.0 Å². The molecular formula is C10H14N4O. The SMILES string of the molecule is [N-]=[N+]=NCCNC(CO)c1ccccc1. The Labute approximate surface area is 88.4 Å². The van der Waals surface area contributed by atoms with Gasteiger partial charge in [0.2, 0.25) is 0 Å². The molecule has 0 radical (unpaired) electrons. The molecule has 0 saturated carbocycles. The first-order valence-electron chi connectivity index (χ1n) is 4.78. The number of aliphatic hydroxyl groups excluding tert-OH is 1.